The Morgan fingerprint density at radius 3 is 2.54 bits per heavy atom. The summed E-state index contributed by atoms with van der Waals surface area (Å²) in [5.41, 5.74) is -0.624. The van der Waals surface area contributed by atoms with Gasteiger partial charge in [-0.1, -0.05) is 0 Å². The lowest BCUT2D eigenvalue weighted by Crippen LogP contribution is -2.45. The van der Waals surface area contributed by atoms with Crippen molar-refractivity contribution in [3.05, 3.63) is 24.3 Å². The smallest absolute Gasteiger partial charge is 0.410 e. The molecule has 2 N–H and O–H groups in total. The van der Waals surface area contributed by atoms with Gasteiger partial charge in [-0.05, 0) is 96.0 Å². The van der Waals surface area contributed by atoms with Gasteiger partial charge in [-0.15, -0.1) is 0 Å². The third-order valence-electron chi connectivity index (χ3n) is 4.56. The van der Waals surface area contributed by atoms with Crippen LogP contribution in [-0.4, -0.2) is 35.3 Å². The molecule has 1 aromatic carbocycles. The third kappa shape index (κ3) is 6.09. The Labute approximate surface area is 161 Å². The van der Waals surface area contributed by atoms with Gasteiger partial charge in [-0.2, -0.15) is 0 Å². The normalized spacial score (nSPS) is 19.5. The quantitative estimate of drug-likeness (QED) is 0.565. The maximum Gasteiger partial charge on any atom is 0.410 e. The summed E-state index contributed by atoms with van der Waals surface area (Å²) in [6.07, 6.45) is 2.80. The molecule has 1 fully saturated rings. The van der Waals surface area contributed by atoms with Gasteiger partial charge in [-0.3, -0.25) is 5.14 Å². The molecule has 1 saturated heterocycles. The SMILES string of the molecule is CC(C)(C)OC(=O)N1CC(CCCOc2ccc(SN)cc2)CC1(C)C. The number of carbonyl (C=O) groups is 1. The monoisotopic (exact) mass is 380 g/mol. The van der Waals surface area contributed by atoms with Gasteiger partial charge in [0.25, 0.3) is 0 Å². The van der Waals surface area contributed by atoms with Crippen LogP contribution in [-0.2, 0) is 4.74 Å². The van der Waals surface area contributed by atoms with E-state index in [9.17, 15) is 4.79 Å². The number of rotatable bonds is 6. The average Bonchev–Trinajstić information content (AvgIpc) is 2.85. The Balaban J connectivity index is 1.77. The largest absolute Gasteiger partial charge is 0.494 e. The Morgan fingerprint density at radius 1 is 1.31 bits per heavy atom. The van der Waals surface area contributed by atoms with Crippen molar-refractivity contribution in [3.63, 3.8) is 0 Å². The first-order chi connectivity index (χ1) is 12.1. The highest BCUT2D eigenvalue weighted by Gasteiger charge is 2.42. The van der Waals surface area contributed by atoms with Crippen molar-refractivity contribution < 1.29 is 14.3 Å². The first-order valence-electron chi connectivity index (χ1n) is 9.21. The van der Waals surface area contributed by atoms with Crippen molar-refractivity contribution in [2.45, 2.75) is 69.9 Å². The fourth-order valence-corrected chi connectivity index (χ4v) is 3.69. The maximum absolute atomic E-state index is 12.5. The van der Waals surface area contributed by atoms with Gasteiger partial charge in [-0.25, -0.2) is 4.79 Å². The van der Waals surface area contributed by atoms with Crippen LogP contribution in [0.2, 0.25) is 0 Å². The number of ether oxygens (including phenoxy) is 2. The van der Waals surface area contributed by atoms with Crippen molar-refractivity contribution in [2.24, 2.45) is 11.1 Å². The second-order valence-corrected chi connectivity index (χ2v) is 9.26. The number of carbonyl (C=O) groups excluding carboxylic acids is 1. The second kappa shape index (κ2) is 8.53. The van der Waals surface area contributed by atoms with E-state index in [4.69, 9.17) is 14.6 Å². The third-order valence-corrected chi connectivity index (χ3v) is 5.10. The summed E-state index contributed by atoms with van der Waals surface area (Å²) >= 11 is 1.23. The van der Waals surface area contributed by atoms with Crippen molar-refractivity contribution in [1.29, 1.82) is 0 Å². The molecule has 1 heterocycles. The number of nitrogens with zero attached hydrogens (tertiary/aromatic N) is 1. The minimum Gasteiger partial charge on any atom is -0.494 e. The Morgan fingerprint density at radius 2 is 1.96 bits per heavy atom. The van der Waals surface area contributed by atoms with E-state index in [1.807, 2.05) is 49.9 Å². The van der Waals surface area contributed by atoms with Crippen LogP contribution in [0.4, 0.5) is 4.79 Å². The topological polar surface area (TPSA) is 64.8 Å². The lowest BCUT2D eigenvalue weighted by atomic mass is 9.93. The predicted molar refractivity (Wildman–Crippen MR) is 106 cm³/mol. The van der Waals surface area contributed by atoms with Gasteiger partial charge in [0.2, 0.25) is 0 Å². The molecule has 2 rings (SSSR count). The molecule has 0 spiro atoms. The van der Waals surface area contributed by atoms with Gasteiger partial charge in [0.15, 0.2) is 0 Å². The first kappa shape index (κ1) is 20.9. The molecule has 0 bridgehead atoms. The standard InChI is InChI=1S/C20H32N2O3S/c1-19(2,3)25-18(23)22-14-15(13-20(22,4)5)7-6-12-24-16-8-10-17(26-21)11-9-16/h8-11,15H,6-7,12-14,21H2,1-5H3. The summed E-state index contributed by atoms with van der Waals surface area (Å²) in [4.78, 5) is 15.4. The molecule has 26 heavy (non-hydrogen) atoms. The highest BCUT2D eigenvalue weighted by molar-refractivity contribution is 7.97. The molecule has 6 heteroatoms. The maximum atomic E-state index is 12.5. The summed E-state index contributed by atoms with van der Waals surface area (Å²) in [5, 5.41) is 5.52. The van der Waals surface area contributed by atoms with Gasteiger partial charge in [0, 0.05) is 17.0 Å². The van der Waals surface area contributed by atoms with E-state index in [1.54, 1.807) is 0 Å². The van der Waals surface area contributed by atoms with Crippen LogP contribution in [0.5, 0.6) is 5.75 Å². The number of likely N-dealkylation sites (tertiary alicyclic amines) is 1. The van der Waals surface area contributed by atoms with Crippen LogP contribution in [0.3, 0.4) is 0 Å². The van der Waals surface area contributed by atoms with Gasteiger partial charge in [0.1, 0.15) is 11.4 Å². The van der Waals surface area contributed by atoms with Crippen molar-refractivity contribution in [3.8, 4) is 5.75 Å². The number of nitrogens with two attached hydrogens (primary N) is 1. The zero-order chi connectivity index (χ0) is 19.4. The Hall–Kier alpha value is -1.40. The molecule has 1 amide bonds. The van der Waals surface area contributed by atoms with E-state index < -0.39 is 5.60 Å². The van der Waals surface area contributed by atoms with Gasteiger partial charge < -0.3 is 14.4 Å². The molecular formula is C20H32N2O3S. The second-order valence-electron chi connectivity index (χ2n) is 8.55. The highest BCUT2D eigenvalue weighted by Crippen LogP contribution is 2.36. The fourth-order valence-electron chi connectivity index (χ4n) is 3.40. The molecule has 146 valence electrons. The van der Waals surface area contributed by atoms with Crippen molar-refractivity contribution in [2.75, 3.05) is 13.2 Å². The zero-order valence-corrected chi connectivity index (χ0v) is 17.4. The first-order valence-corrected chi connectivity index (χ1v) is 10.1. The van der Waals surface area contributed by atoms with Gasteiger partial charge >= 0.3 is 6.09 Å². The summed E-state index contributed by atoms with van der Waals surface area (Å²) in [6.45, 7) is 11.4. The Bertz CT molecular complexity index is 596. The van der Waals surface area contributed by atoms with E-state index in [2.05, 4.69) is 13.8 Å². The lowest BCUT2D eigenvalue weighted by molar-refractivity contribution is 0.0131. The molecule has 1 aromatic rings. The van der Waals surface area contributed by atoms with Crippen LogP contribution < -0.4 is 9.88 Å². The molecule has 0 aromatic heterocycles. The van der Waals surface area contributed by atoms with E-state index in [0.717, 1.165) is 36.5 Å². The van der Waals surface area contributed by atoms with Crippen LogP contribution in [0.25, 0.3) is 0 Å². The summed E-state index contributed by atoms with van der Waals surface area (Å²) in [5.74, 6) is 1.35. The van der Waals surface area contributed by atoms with E-state index >= 15 is 0 Å². The fraction of sp³-hybridized carbons (Fsp3) is 0.650. The summed E-state index contributed by atoms with van der Waals surface area (Å²) in [7, 11) is 0. The highest BCUT2D eigenvalue weighted by atomic mass is 32.2. The molecule has 0 radical (unpaired) electrons. The molecule has 0 aliphatic carbocycles. The molecule has 5 nitrogen and oxygen atoms in total. The van der Waals surface area contributed by atoms with E-state index in [-0.39, 0.29) is 11.6 Å². The summed E-state index contributed by atoms with van der Waals surface area (Å²) < 4.78 is 11.4. The zero-order valence-electron chi connectivity index (χ0n) is 16.6. The minimum atomic E-state index is -0.461. The van der Waals surface area contributed by atoms with Crippen LogP contribution >= 0.6 is 11.9 Å². The Kier molecular flexibility index (Phi) is 6.86. The molecule has 0 saturated carbocycles. The molecule has 1 atom stereocenters. The molecule has 1 unspecified atom stereocenters. The molecule has 1 aliphatic heterocycles. The molecular weight excluding hydrogens is 348 g/mol. The van der Waals surface area contributed by atoms with Crippen LogP contribution in [0.15, 0.2) is 29.2 Å². The van der Waals surface area contributed by atoms with Crippen molar-refractivity contribution in [1.82, 2.24) is 4.90 Å². The number of hydrogen-bond donors (Lipinski definition) is 1. The number of hydrogen-bond acceptors (Lipinski definition) is 5. The van der Waals surface area contributed by atoms with E-state index in [0.29, 0.717) is 12.5 Å². The minimum absolute atomic E-state index is 0.163. The number of benzene rings is 1. The average molecular weight is 381 g/mol. The number of amides is 1. The van der Waals surface area contributed by atoms with Crippen molar-refractivity contribution >= 4 is 18.0 Å². The van der Waals surface area contributed by atoms with E-state index in [1.165, 1.54) is 11.9 Å². The predicted octanol–water partition coefficient (Wildman–Crippen LogP) is 4.85. The molecule has 1 aliphatic rings. The lowest BCUT2D eigenvalue weighted by Gasteiger charge is -2.33. The van der Waals surface area contributed by atoms with Gasteiger partial charge in [0.05, 0.1) is 6.61 Å². The summed E-state index contributed by atoms with van der Waals surface area (Å²) in [6, 6.07) is 7.80. The van der Waals surface area contributed by atoms with Crippen LogP contribution in [0, 0.1) is 5.92 Å². The van der Waals surface area contributed by atoms with Crippen LogP contribution in [0.1, 0.15) is 53.9 Å².